The van der Waals surface area contributed by atoms with E-state index in [4.69, 9.17) is 0 Å². The highest BCUT2D eigenvalue weighted by Gasteiger charge is 2.88. The van der Waals surface area contributed by atoms with Crippen molar-refractivity contribution in [2.75, 3.05) is 12.0 Å². The maximum absolute atomic E-state index is 14.2. The summed E-state index contributed by atoms with van der Waals surface area (Å²) in [6.07, 6.45) is -11.3. The number of amidine groups is 1. The molecule has 2 aromatic carbocycles. The molecule has 0 radical (unpaired) electrons. The Labute approximate surface area is 265 Å². The van der Waals surface area contributed by atoms with E-state index in [1.807, 2.05) is 0 Å². The molecule has 0 N–H and O–H groups in total. The average Bonchev–Trinajstić information content (AvgIpc) is 3.30. The molecular weight excluding hydrogens is 730 g/mol. The summed E-state index contributed by atoms with van der Waals surface area (Å²) < 4.78 is 192. The van der Waals surface area contributed by atoms with Gasteiger partial charge in [-0.15, -0.1) is 5.10 Å². The molecule has 9 nitrogen and oxygen atoms in total. The van der Waals surface area contributed by atoms with Crippen LogP contribution in [0.15, 0.2) is 75.8 Å². The van der Waals surface area contributed by atoms with E-state index in [0.29, 0.717) is 29.6 Å². The Morgan fingerprint density at radius 3 is 1.98 bits per heavy atom. The van der Waals surface area contributed by atoms with Crippen molar-refractivity contribution < 1.29 is 79.6 Å². The summed E-state index contributed by atoms with van der Waals surface area (Å²) in [5.41, 5.74) is 0.230. The molecule has 23 heteroatoms. The first-order valence-electron chi connectivity index (χ1n) is 12.2. The largest absolute Gasteiger partial charge is 0.466 e. The lowest BCUT2D eigenvalue weighted by molar-refractivity contribution is -0.380. The number of para-hydroxylation sites is 1. The number of esters is 1. The maximum Gasteiger partial charge on any atom is 0.449 e. The third-order valence-corrected chi connectivity index (χ3v) is 8.06. The average molecular weight is 746 g/mol. The lowest BCUT2D eigenvalue weighted by Crippen LogP contribution is -2.68. The number of benzene rings is 2. The zero-order chi connectivity index (χ0) is 36.5. The van der Waals surface area contributed by atoms with Crippen LogP contribution in [0.3, 0.4) is 0 Å². The van der Waals surface area contributed by atoms with E-state index in [2.05, 4.69) is 19.1 Å². The van der Waals surface area contributed by atoms with Crippen LogP contribution in [0, 0.1) is 0 Å². The molecule has 1 amide bonds. The van der Waals surface area contributed by atoms with Gasteiger partial charge in [0.05, 0.1) is 23.9 Å². The van der Waals surface area contributed by atoms with E-state index < -0.39 is 63.1 Å². The van der Waals surface area contributed by atoms with E-state index in [-0.39, 0.29) is 15.6 Å². The van der Waals surface area contributed by atoms with Gasteiger partial charge in [0.1, 0.15) is 5.75 Å². The fourth-order valence-electron chi connectivity index (χ4n) is 3.36. The summed E-state index contributed by atoms with van der Waals surface area (Å²) in [6.45, 7) is 0. The molecule has 1 aliphatic heterocycles. The Morgan fingerprint density at radius 1 is 0.896 bits per heavy atom. The molecule has 1 heterocycles. The number of hydrogen-bond acceptors (Lipinski definition) is 9. The first kappa shape index (κ1) is 38.2. The van der Waals surface area contributed by atoms with Gasteiger partial charge in [0.2, 0.25) is 5.17 Å². The zero-order valence-electron chi connectivity index (χ0n) is 23.1. The van der Waals surface area contributed by atoms with Crippen LogP contribution in [-0.4, -0.2) is 74.2 Å². The molecule has 0 saturated carbocycles. The second-order valence-electron chi connectivity index (χ2n) is 9.04. The topological polar surface area (TPSA) is 115 Å². The number of alkyl halides is 12. The summed E-state index contributed by atoms with van der Waals surface area (Å²) in [5, 5.41) is 0.0854. The summed E-state index contributed by atoms with van der Waals surface area (Å²) >= 11 is 0.696. The van der Waals surface area contributed by atoms with Crippen molar-refractivity contribution in [2.45, 2.75) is 35.4 Å². The van der Waals surface area contributed by atoms with Gasteiger partial charge in [-0.3, -0.25) is 9.69 Å². The molecule has 2 aromatic rings. The van der Waals surface area contributed by atoms with Crippen LogP contribution < -0.4 is 9.08 Å². The number of methoxy groups -OCH3 is 1. The molecule has 48 heavy (non-hydrogen) atoms. The van der Waals surface area contributed by atoms with E-state index in [9.17, 15) is 70.7 Å². The minimum absolute atomic E-state index is 0.0700. The number of rotatable bonds is 11. The Balaban J connectivity index is 1.84. The standard InChI is InChI=1S/C25H15F12N3O6S2/c1-45-17(41)11-16-18(42)40(14-5-3-2-4-6-14)20(47-16)39-38-12-13-7-9-15(10-8-13)46-48(43,44)25(36,37)24(34,35)23(32,33)21(27,28)19(26)22(29,30)31/h2-12,19H,1H3/b16-11+,38-12+,39-20-. The van der Waals surface area contributed by atoms with Gasteiger partial charge in [0.15, 0.2) is 0 Å². The first-order valence-corrected chi connectivity index (χ1v) is 14.4. The van der Waals surface area contributed by atoms with Crippen molar-refractivity contribution in [2.24, 2.45) is 10.2 Å². The first-order chi connectivity index (χ1) is 21.9. The Kier molecular flexibility index (Phi) is 10.6. The van der Waals surface area contributed by atoms with Crippen LogP contribution in [0.1, 0.15) is 5.56 Å². The second kappa shape index (κ2) is 13.3. The van der Waals surface area contributed by atoms with E-state index in [1.165, 1.54) is 12.1 Å². The predicted molar refractivity (Wildman–Crippen MR) is 143 cm³/mol. The molecule has 1 saturated heterocycles. The number of carbonyl (C=O) groups excluding carboxylic acids is 2. The lowest BCUT2D eigenvalue weighted by atomic mass is 10.00. The SMILES string of the molecule is COC(=O)/C=C1/S/C(=N\N=C\c2ccc(OS(=O)(=O)C(F)(F)C(F)(F)C(F)(F)C(F)(F)C(F)C(F)(F)F)cc2)N(c2ccccc2)C1=O. The minimum Gasteiger partial charge on any atom is -0.466 e. The van der Waals surface area contributed by atoms with E-state index in [0.717, 1.165) is 36.4 Å². The third kappa shape index (κ3) is 7.10. The molecule has 0 aromatic heterocycles. The fraction of sp³-hybridized carbons (Fsp3) is 0.280. The highest BCUT2D eigenvalue weighted by Crippen LogP contribution is 2.57. The zero-order valence-corrected chi connectivity index (χ0v) is 24.7. The van der Waals surface area contributed by atoms with Crippen molar-refractivity contribution in [3.05, 3.63) is 71.1 Å². The molecule has 1 atom stereocenters. The molecule has 0 aliphatic carbocycles. The number of carbonyl (C=O) groups is 2. The monoisotopic (exact) mass is 745 g/mol. The Bertz CT molecular complexity index is 1730. The number of anilines is 1. The van der Waals surface area contributed by atoms with Crippen LogP contribution in [-0.2, 0) is 24.4 Å². The number of nitrogens with zero attached hydrogens (tertiary/aromatic N) is 3. The second-order valence-corrected chi connectivity index (χ2v) is 11.6. The smallest absolute Gasteiger partial charge is 0.449 e. The Hall–Kier alpha value is -4.28. The van der Waals surface area contributed by atoms with Gasteiger partial charge < -0.3 is 8.92 Å². The van der Waals surface area contributed by atoms with Gasteiger partial charge in [0.25, 0.3) is 12.1 Å². The van der Waals surface area contributed by atoms with Gasteiger partial charge in [-0.05, 0) is 53.7 Å². The normalized spacial score (nSPS) is 17.8. The maximum atomic E-state index is 14.2. The molecule has 3 rings (SSSR count). The fourth-order valence-corrected chi connectivity index (χ4v) is 5.17. The number of amides is 1. The van der Waals surface area contributed by atoms with Gasteiger partial charge in [0, 0.05) is 6.08 Å². The number of ether oxygens (including phenoxy) is 1. The third-order valence-electron chi connectivity index (χ3n) is 5.81. The number of hydrogen-bond donors (Lipinski definition) is 0. The highest BCUT2D eigenvalue weighted by atomic mass is 32.2. The molecule has 0 bridgehead atoms. The van der Waals surface area contributed by atoms with Crippen molar-refractivity contribution in [1.82, 2.24) is 0 Å². The predicted octanol–water partition coefficient (Wildman–Crippen LogP) is 6.32. The number of halogens is 12. The van der Waals surface area contributed by atoms with Crippen LogP contribution in [0.4, 0.5) is 58.4 Å². The van der Waals surface area contributed by atoms with Gasteiger partial charge in [-0.1, -0.05) is 18.2 Å². The Morgan fingerprint density at radius 2 is 1.46 bits per heavy atom. The molecular formula is C25H15F12N3O6S2. The van der Waals surface area contributed by atoms with Crippen molar-refractivity contribution in [1.29, 1.82) is 0 Å². The van der Waals surface area contributed by atoms with E-state index >= 15 is 0 Å². The lowest BCUT2D eigenvalue weighted by Gasteiger charge is -2.37. The van der Waals surface area contributed by atoms with Crippen LogP contribution in [0.25, 0.3) is 0 Å². The van der Waals surface area contributed by atoms with Crippen molar-refractivity contribution in [3.63, 3.8) is 0 Å². The minimum atomic E-state index is -7.93. The molecule has 262 valence electrons. The highest BCUT2D eigenvalue weighted by molar-refractivity contribution is 8.19. The summed E-state index contributed by atoms with van der Waals surface area (Å²) in [7, 11) is -6.34. The number of thioether (sulfide) groups is 1. The van der Waals surface area contributed by atoms with Gasteiger partial charge in [-0.25, -0.2) is 9.18 Å². The van der Waals surface area contributed by atoms with Crippen LogP contribution in [0.5, 0.6) is 5.75 Å². The van der Waals surface area contributed by atoms with Gasteiger partial charge in [-0.2, -0.15) is 61.8 Å². The molecule has 1 aliphatic rings. The summed E-state index contributed by atoms with van der Waals surface area (Å²) in [6, 6.07) is 10.3. The van der Waals surface area contributed by atoms with Crippen LogP contribution >= 0.6 is 11.8 Å². The van der Waals surface area contributed by atoms with Crippen molar-refractivity contribution in [3.8, 4) is 5.75 Å². The molecule has 1 unspecified atom stereocenters. The van der Waals surface area contributed by atoms with Crippen LogP contribution in [0.2, 0.25) is 0 Å². The van der Waals surface area contributed by atoms with E-state index in [1.54, 1.807) is 18.2 Å². The van der Waals surface area contributed by atoms with Crippen molar-refractivity contribution >= 4 is 50.8 Å². The summed E-state index contributed by atoms with van der Waals surface area (Å²) in [4.78, 5) is 25.4. The summed E-state index contributed by atoms with van der Waals surface area (Å²) in [5.74, 6) is -26.2. The molecule has 1 fully saturated rings. The molecule has 0 spiro atoms. The quantitative estimate of drug-likeness (QED) is 0.0661. The van der Waals surface area contributed by atoms with Gasteiger partial charge >= 0.3 is 45.3 Å².